The maximum absolute atomic E-state index is 11.5. The Morgan fingerprint density at radius 2 is 1.04 bits per heavy atom. The van der Waals surface area contributed by atoms with Gasteiger partial charge in [0.05, 0.1) is 29.8 Å². The second kappa shape index (κ2) is 29.2. The van der Waals surface area contributed by atoms with Crippen LogP contribution in [-0.4, -0.2) is 38.0 Å². The van der Waals surface area contributed by atoms with Crippen LogP contribution in [-0.2, 0) is 17.6 Å². The van der Waals surface area contributed by atoms with Crippen molar-refractivity contribution in [3.63, 3.8) is 0 Å². The van der Waals surface area contributed by atoms with Gasteiger partial charge in [-0.15, -0.1) is 22.7 Å². The van der Waals surface area contributed by atoms with Gasteiger partial charge in [0.15, 0.2) is 0 Å². The summed E-state index contributed by atoms with van der Waals surface area (Å²) in [6.45, 7) is 10.4. The lowest BCUT2D eigenvalue weighted by Crippen LogP contribution is -2.10. The number of ether oxygens (including phenoxy) is 2. The zero-order valence-electron chi connectivity index (χ0n) is 45.3. The first-order valence-corrected chi connectivity index (χ1v) is 30.4. The van der Waals surface area contributed by atoms with E-state index < -0.39 is 5.97 Å². The fourth-order valence-corrected chi connectivity index (χ4v) is 12.6. The number of nitrogens with zero attached hydrogens (tertiary/aromatic N) is 5. The highest BCUT2D eigenvalue weighted by atomic mass is 32.1. The molecule has 0 aliphatic rings. The lowest BCUT2D eigenvalue weighted by atomic mass is 10.0. The molecule has 400 valence electrons. The number of carboxylic acids is 1. The van der Waals surface area contributed by atoms with E-state index in [4.69, 9.17) is 23.2 Å². The number of hydrogen-bond acceptors (Lipinski definition) is 11. The molecule has 0 atom stereocenters. The van der Waals surface area contributed by atoms with Gasteiger partial charge in [0.2, 0.25) is 0 Å². The second-order valence-corrected chi connectivity index (χ2v) is 22.5. The fraction of sp³-hybridized carbons (Fsp3) is 0.369. The Kier molecular flexibility index (Phi) is 21.4. The van der Waals surface area contributed by atoms with E-state index in [0.717, 1.165) is 135 Å². The summed E-state index contributed by atoms with van der Waals surface area (Å²) in [6.07, 6.45) is 23.9. The molecule has 1 N–H and O–H groups in total. The number of pyridine rings is 1. The molecule has 0 spiro atoms. The molecule has 0 radical (unpaired) electrons. The molecule has 4 aromatic carbocycles. The molecule has 9 nitrogen and oxygen atoms in total. The van der Waals surface area contributed by atoms with E-state index in [-0.39, 0.29) is 5.57 Å². The smallest absolute Gasteiger partial charge is 0.346 e. The molecule has 0 aliphatic carbocycles. The Morgan fingerprint density at radius 3 is 1.53 bits per heavy atom. The fourth-order valence-electron chi connectivity index (χ4n) is 9.63. The Morgan fingerprint density at radius 1 is 0.584 bits per heavy atom. The first kappa shape index (κ1) is 56.6. The zero-order chi connectivity index (χ0) is 53.8. The summed E-state index contributed by atoms with van der Waals surface area (Å²) in [7, 11) is 0. The van der Waals surface area contributed by atoms with Crippen molar-refractivity contribution in [3.8, 4) is 59.5 Å². The van der Waals surface area contributed by atoms with Crippen molar-refractivity contribution in [2.75, 3.05) is 18.1 Å². The predicted molar refractivity (Wildman–Crippen MR) is 324 cm³/mol. The van der Waals surface area contributed by atoms with Crippen molar-refractivity contribution in [2.24, 2.45) is 0 Å². The van der Waals surface area contributed by atoms with Gasteiger partial charge in [0.25, 0.3) is 0 Å². The van der Waals surface area contributed by atoms with Crippen molar-refractivity contribution in [1.29, 1.82) is 5.26 Å². The number of carboxylic acid groups (broad SMARTS) is 1. The quantitative estimate of drug-likeness (QED) is 0.0257. The molecule has 8 rings (SSSR count). The third-order valence-electron chi connectivity index (χ3n) is 14.0. The third kappa shape index (κ3) is 15.1. The molecule has 0 saturated heterocycles. The SMILES string of the molecule is CCCCCCOc1ccc(N(c2ccc(OCCCCCC)cc2)c2ccc(-c3cc(CCCCCC)c(-c4ncc(-c5sc(-c6ccc(/C=C(/C#N)C(=O)O)cc6)cc5CCCCCC)c5nsnc45)s3)cc2)cc1. The van der Waals surface area contributed by atoms with E-state index in [1.807, 2.05) is 30.5 Å². The summed E-state index contributed by atoms with van der Waals surface area (Å²) in [5.74, 6) is 0.533. The predicted octanol–water partition coefficient (Wildman–Crippen LogP) is 19.5. The molecule has 77 heavy (non-hydrogen) atoms. The second-order valence-electron chi connectivity index (χ2n) is 19.8. The van der Waals surface area contributed by atoms with Crippen LogP contribution in [0.4, 0.5) is 17.1 Å². The maximum Gasteiger partial charge on any atom is 0.346 e. The van der Waals surface area contributed by atoms with Crippen LogP contribution in [0.25, 0.3) is 59.0 Å². The lowest BCUT2D eigenvalue weighted by Gasteiger charge is -2.26. The first-order valence-electron chi connectivity index (χ1n) is 28.0. The minimum absolute atomic E-state index is 0.296. The number of benzene rings is 4. The van der Waals surface area contributed by atoms with Gasteiger partial charge in [0.1, 0.15) is 39.9 Å². The molecule has 0 fully saturated rings. The van der Waals surface area contributed by atoms with Crippen LogP contribution in [0.2, 0.25) is 0 Å². The number of fused-ring (bicyclic) bond motifs is 1. The molecule has 12 heteroatoms. The van der Waals surface area contributed by atoms with Crippen LogP contribution in [0, 0.1) is 11.3 Å². The summed E-state index contributed by atoms with van der Waals surface area (Å²) >= 11 is 4.76. The molecule has 0 aliphatic heterocycles. The number of carbonyl (C=O) groups is 1. The van der Waals surface area contributed by atoms with E-state index in [2.05, 4.69) is 118 Å². The van der Waals surface area contributed by atoms with Gasteiger partial charge in [-0.1, -0.05) is 141 Å². The molecule has 0 amide bonds. The molecular formula is C65H73N5O4S3. The number of unbranched alkanes of at least 4 members (excludes halogenated alkanes) is 12. The van der Waals surface area contributed by atoms with E-state index in [1.165, 1.54) is 104 Å². The van der Waals surface area contributed by atoms with Gasteiger partial charge in [-0.3, -0.25) is 4.98 Å². The molecule has 0 bridgehead atoms. The Labute approximate surface area is 468 Å². The number of aliphatic carboxylic acids is 1. The van der Waals surface area contributed by atoms with Crippen LogP contribution in [0.5, 0.6) is 11.5 Å². The number of hydrogen-bond donors (Lipinski definition) is 1. The van der Waals surface area contributed by atoms with Crippen molar-refractivity contribution in [3.05, 3.63) is 138 Å². The molecule has 4 heterocycles. The lowest BCUT2D eigenvalue weighted by molar-refractivity contribution is -0.132. The Bertz CT molecular complexity index is 3130. The maximum atomic E-state index is 11.5. The van der Waals surface area contributed by atoms with Crippen LogP contribution >= 0.6 is 34.4 Å². The largest absolute Gasteiger partial charge is 0.494 e. The van der Waals surface area contributed by atoms with Crippen molar-refractivity contribution in [2.45, 2.75) is 143 Å². The molecule has 4 aromatic heterocycles. The Balaban J connectivity index is 1.11. The van der Waals surface area contributed by atoms with Gasteiger partial charge in [0, 0.05) is 43.5 Å². The average molecular weight is 1080 g/mol. The minimum Gasteiger partial charge on any atom is -0.494 e. The molecular weight excluding hydrogens is 1010 g/mol. The van der Waals surface area contributed by atoms with Crippen LogP contribution in [0.1, 0.15) is 147 Å². The van der Waals surface area contributed by atoms with Crippen molar-refractivity contribution < 1.29 is 19.4 Å². The number of rotatable bonds is 31. The number of aromatic nitrogens is 3. The zero-order valence-corrected chi connectivity index (χ0v) is 47.8. The summed E-state index contributed by atoms with van der Waals surface area (Å²) < 4.78 is 22.3. The molecule has 0 saturated carbocycles. The summed E-state index contributed by atoms with van der Waals surface area (Å²) in [5, 5.41) is 18.7. The third-order valence-corrected chi connectivity index (χ3v) is 17.0. The van der Waals surface area contributed by atoms with E-state index >= 15 is 0 Å². The van der Waals surface area contributed by atoms with Crippen LogP contribution < -0.4 is 14.4 Å². The number of thiophene rings is 2. The van der Waals surface area contributed by atoms with Gasteiger partial charge >= 0.3 is 5.97 Å². The monoisotopic (exact) mass is 1080 g/mol. The van der Waals surface area contributed by atoms with E-state index in [0.29, 0.717) is 5.56 Å². The minimum atomic E-state index is -1.24. The number of nitriles is 1. The Hall–Kier alpha value is -6.65. The standard InChI is InChI=1S/C65H73N5O4S3/c1-5-9-13-17-21-49-42-58(47-25-23-46(24-26-47)41-51(44-66)65(71)72)75-63(49)57-45-67-62(61-60(57)68-77-69-61)64-50(22-18-14-10-6-2)43-59(76-64)48-27-29-52(30-28-48)70(53-31-35-55(36-32-53)73-39-19-15-11-7-3)54-33-37-56(38-34-54)74-40-20-16-12-8-4/h23-38,41-43,45H,5-22,39-40H2,1-4H3,(H,71,72)/b51-41-. The highest BCUT2D eigenvalue weighted by molar-refractivity contribution is 7.19. The van der Waals surface area contributed by atoms with Crippen LogP contribution in [0.15, 0.2) is 121 Å². The van der Waals surface area contributed by atoms with Gasteiger partial charge in [-0.05, 0) is 145 Å². The van der Waals surface area contributed by atoms with E-state index in [9.17, 15) is 15.2 Å². The van der Waals surface area contributed by atoms with Crippen LogP contribution in [0.3, 0.4) is 0 Å². The van der Waals surface area contributed by atoms with Gasteiger partial charge in [-0.2, -0.15) is 14.0 Å². The summed E-state index contributed by atoms with van der Waals surface area (Å²) in [4.78, 5) is 23.7. The summed E-state index contributed by atoms with van der Waals surface area (Å²) in [6, 6.07) is 40.1. The van der Waals surface area contributed by atoms with Crippen molar-refractivity contribution >= 4 is 74.5 Å². The summed E-state index contributed by atoms with van der Waals surface area (Å²) in [5.41, 5.74) is 11.8. The highest BCUT2D eigenvalue weighted by Crippen LogP contribution is 2.46. The molecule has 8 aromatic rings. The average Bonchev–Trinajstić information content (AvgIpc) is 4.24. The van der Waals surface area contributed by atoms with Gasteiger partial charge < -0.3 is 19.5 Å². The topological polar surface area (TPSA) is 121 Å². The number of aryl methyl sites for hydroxylation is 2. The van der Waals surface area contributed by atoms with E-state index in [1.54, 1.807) is 28.7 Å². The van der Waals surface area contributed by atoms with Gasteiger partial charge in [-0.25, -0.2) is 4.79 Å². The molecule has 0 unspecified atom stereocenters. The first-order chi connectivity index (χ1) is 37.8. The van der Waals surface area contributed by atoms with Crippen molar-refractivity contribution in [1.82, 2.24) is 13.7 Å². The highest BCUT2D eigenvalue weighted by Gasteiger charge is 2.24. The number of anilines is 3. The normalized spacial score (nSPS) is 11.5.